The summed E-state index contributed by atoms with van der Waals surface area (Å²) in [6, 6.07) is 10.5. The van der Waals surface area contributed by atoms with E-state index in [4.69, 9.17) is 4.74 Å². The summed E-state index contributed by atoms with van der Waals surface area (Å²) in [7, 11) is -2.25. The molecule has 0 aliphatic carbocycles. The van der Waals surface area contributed by atoms with Crippen molar-refractivity contribution in [3.63, 3.8) is 0 Å². The standard InChI is InChI=1S/C19H25NO4S/c1-13-10-17(24-5)18(11-14(13)2)25(22,23)20-12-15-6-8-16(9-7-15)19(3,4)21/h6-11,20-21H,12H2,1-5H3. The molecule has 0 aliphatic heterocycles. The fourth-order valence-electron chi connectivity index (χ4n) is 2.42. The molecule has 2 aromatic rings. The fraction of sp³-hybridized carbons (Fsp3) is 0.368. The maximum Gasteiger partial charge on any atom is 0.244 e. The molecule has 0 heterocycles. The Hall–Kier alpha value is -1.89. The van der Waals surface area contributed by atoms with Gasteiger partial charge in [-0.2, -0.15) is 0 Å². The molecule has 25 heavy (non-hydrogen) atoms. The smallest absolute Gasteiger partial charge is 0.244 e. The lowest BCUT2D eigenvalue weighted by atomic mass is 9.97. The van der Waals surface area contributed by atoms with E-state index in [1.807, 2.05) is 13.8 Å². The van der Waals surface area contributed by atoms with Crippen molar-refractivity contribution in [2.45, 2.75) is 44.7 Å². The molecule has 136 valence electrons. The summed E-state index contributed by atoms with van der Waals surface area (Å²) in [6.45, 7) is 7.34. The van der Waals surface area contributed by atoms with Crippen LogP contribution in [-0.4, -0.2) is 20.6 Å². The summed E-state index contributed by atoms with van der Waals surface area (Å²) >= 11 is 0. The lowest BCUT2D eigenvalue weighted by Gasteiger charge is -2.18. The van der Waals surface area contributed by atoms with E-state index in [1.54, 1.807) is 50.2 Å². The first-order chi connectivity index (χ1) is 11.5. The number of hydrogen-bond donors (Lipinski definition) is 2. The van der Waals surface area contributed by atoms with Crippen LogP contribution in [0.25, 0.3) is 0 Å². The molecule has 0 unspecified atom stereocenters. The second kappa shape index (κ2) is 7.15. The van der Waals surface area contributed by atoms with Crippen molar-refractivity contribution in [3.8, 4) is 5.75 Å². The molecule has 0 saturated carbocycles. The maximum atomic E-state index is 12.6. The molecular formula is C19H25NO4S. The van der Waals surface area contributed by atoms with Crippen LogP contribution in [0.1, 0.15) is 36.1 Å². The van der Waals surface area contributed by atoms with Gasteiger partial charge in [0.25, 0.3) is 0 Å². The van der Waals surface area contributed by atoms with E-state index >= 15 is 0 Å². The Morgan fingerprint density at radius 2 is 1.64 bits per heavy atom. The number of benzene rings is 2. The number of hydrogen-bond acceptors (Lipinski definition) is 4. The highest BCUT2D eigenvalue weighted by molar-refractivity contribution is 7.89. The predicted octanol–water partition coefficient (Wildman–Crippen LogP) is 3.02. The molecule has 0 amide bonds. The van der Waals surface area contributed by atoms with E-state index in [0.717, 1.165) is 22.3 Å². The van der Waals surface area contributed by atoms with Gasteiger partial charge in [-0.1, -0.05) is 24.3 Å². The fourth-order valence-corrected chi connectivity index (χ4v) is 3.67. The first kappa shape index (κ1) is 19.4. The number of ether oxygens (including phenoxy) is 1. The highest BCUT2D eigenvalue weighted by Crippen LogP contribution is 2.27. The molecule has 6 heteroatoms. The highest BCUT2D eigenvalue weighted by Gasteiger charge is 2.21. The highest BCUT2D eigenvalue weighted by atomic mass is 32.2. The molecule has 0 aliphatic rings. The third-order valence-corrected chi connectivity index (χ3v) is 5.62. The third-order valence-electron chi connectivity index (χ3n) is 4.20. The van der Waals surface area contributed by atoms with Gasteiger partial charge in [0, 0.05) is 6.54 Å². The average molecular weight is 363 g/mol. The quantitative estimate of drug-likeness (QED) is 0.827. The number of sulfonamides is 1. The van der Waals surface area contributed by atoms with Gasteiger partial charge in [0.15, 0.2) is 0 Å². The van der Waals surface area contributed by atoms with E-state index in [2.05, 4.69) is 4.72 Å². The van der Waals surface area contributed by atoms with Gasteiger partial charge in [0.2, 0.25) is 10.0 Å². The predicted molar refractivity (Wildman–Crippen MR) is 98.2 cm³/mol. The van der Waals surface area contributed by atoms with Crippen molar-refractivity contribution in [1.29, 1.82) is 0 Å². The van der Waals surface area contributed by atoms with Crippen LogP contribution in [0.5, 0.6) is 5.75 Å². The first-order valence-corrected chi connectivity index (χ1v) is 9.49. The molecule has 0 radical (unpaired) electrons. The van der Waals surface area contributed by atoms with E-state index in [1.165, 1.54) is 7.11 Å². The molecule has 0 aromatic heterocycles. The van der Waals surface area contributed by atoms with E-state index in [0.29, 0.717) is 5.75 Å². The van der Waals surface area contributed by atoms with Crippen molar-refractivity contribution < 1.29 is 18.3 Å². The molecule has 2 N–H and O–H groups in total. The molecule has 0 fully saturated rings. The lowest BCUT2D eigenvalue weighted by Crippen LogP contribution is -2.24. The maximum absolute atomic E-state index is 12.6. The third kappa shape index (κ3) is 4.60. The SMILES string of the molecule is COc1cc(C)c(C)cc1S(=O)(=O)NCc1ccc(C(C)(C)O)cc1. The Labute approximate surface area is 149 Å². The van der Waals surface area contributed by atoms with E-state index in [9.17, 15) is 13.5 Å². The first-order valence-electron chi connectivity index (χ1n) is 8.01. The number of methoxy groups -OCH3 is 1. The minimum atomic E-state index is -3.70. The van der Waals surface area contributed by atoms with Gasteiger partial charge >= 0.3 is 0 Å². The summed E-state index contributed by atoms with van der Waals surface area (Å²) < 4.78 is 33.1. The Morgan fingerprint density at radius 3 is 2.16 bits per heavy atom. The number of aryl methyl sites for hydroxylation is 2. The number of nitrogens with one attached hydrogen (secondary N) is 1. The van der Waals surface area contributed by atoms with Gasteiger partial charge < -0.3 is 9.84 Å². The van der Waals surface area contributed by atoms with Crippen LogP contribution in [0.15, 0.2) is 41.3 Å². The zero-order valence-electron chi connectivity index (χ0n) is 15.3. The average Bonchev–Trinajstić information content (AvgIpc) is 2.54. The molecule has 0 saturated heterocycles. The monoisotopic (exact) mass is 363 g/mol. The molecule has 5 nitrogen and oxygen atoms in total. The summed E-state index contributed by atoms with van der Waals surface area (Å²) in [5.74, 6) is 0.327. The molecule has 0 atom stereocenters. The Morgan fingerprint density at radius 1 is 1.08 bits per heavy atom. The van der Waals surface area contributed by atoms with E-state index in [-0.39, 0.29) is 11.4 Å². The minimum Gasteiger partial charge on any atom is -0.495 e. The van der Waals surface area contributed by atoms with Crippen LogP contribution < -0.4 is 9.46 Å². The summed E-state index contributed by atoms with van der Waals surface area (Å²) in [5.41, 5.74) is 2.51. The van der Waals surface area contributed by atoms with Crippen molar-refractivity contribution >= 4 is 10.0 Å². The van der Waals surface area contributed by atoms with E-state index < -0.39 is 15.6 Å². The van der Waals surface area contributed by atoms with Gasteiger partial charge in [0.1, 0.15) is 10.6 Å². The zero-order valence-corrected chi connectivity index (χ0v) is 16.1. The topological polar surface area (TPSA) is 75.6 Å². The normalized spacial score (nSPS) is 12.2. The minimum absolute atomic E-state index is 0.131. The van der Waals surface area contributed by atoms with Crippen molar-refractivity contribution in [2.75, 3.05) is 7.11 Å². The van der Waals surface area contributed by atoms with Gasteiger partial charge in [-0.25, -0.2) is 13.1 Å². The van der Waals surface area contributed by atoms with Crippen LogP contribution >= 0.6 is 0 Å². The zero-order chi connectivity index (χ0) is 18.8. The molecule has 2 rings (SSSR count). The van der Waals surface area contributed by atoms with Crippen LogP contribution in [0, 0.1) is 13.8 Å². The summed E-state index contributed by atoms with van der Waals surface area (Å²) in [5, 5.41) is 9.97. The lowest BCUT2D eigenvalue weighted by molar-refractivity contribution is 0.0786. The second-order valence-electron chi connectivity index (χ2n) is 6.67. The summed E-state index contributed by atoms with van der Waals surface area (Å²) in [6.07, 6.45) is 0. The molecule has 0 bridgehead atoms. The van der Waals surface area contributed by atoms with Crippen molar-refractivity contribution in [2.24, 2.45) is 0 Å². The van der Waals surface area contributed by atoms with Gasteiger partial charge in [-0.3, -0.25) is 0 Å². The largest absolute Gasteiger partial charge is 0.495 e. The molecule has 0 spiro atoms. The van der Waals surface area contributed by atoms with Crippen LogP contribution in [0.3, 0.4) is 0 Å². The molecular weight excluding hydrogens is 338 g/mol. The number of aliphatic hydroxyl groups is 1. The Balaban J connectivity index is 2.21. The van der Waals surface area contributed by atoms with Crippen LogP contribution in [0.2, 0.25) is 0 Å². The Bertz CT molecular complexity index is 850. The molecule has 2 aromatic carbocycles. The summed E-state index contributed by atoms with van der Waals surface area (Å²) in [4.78, 5) is 0.131. The number of rotatable bonds is 6. The van der Waals surface area contributed by atoms with Crippen molar-refractivity contribution in [3.05, 3.63) is 58.7 Å². The van der Waals surface area contributed by atoms with Crippen LogP contribution in [0.4, 0.5) is 0 Å². The van der Waals surface area contributed by atoms with Crippen LogP contribution in [-0.2, 0) is 22.2 Å². The Kier molecular flexibility index (Phi) is 5.56. The van der Waals surface area contributed by atoms with Crippen molar-refractivity contribution in [1.82, 2.24) is 4.72 Å². The van der Waals surface area contributed by atoms with Gasteiger partial charge in [-0.15, -0.1) is 0 Å². The second-order valence-corrected chi connectivity index (χ2v) is 8.40. The van der Waals surface area contributed by atoms with Gasteiger partial charge in [0.05, 0.1) is 12.7 Å². The van der Waals surface area contributed by atoms with Gasteiger partial charge in [-0.05, 0) is 62.1 Å².